The molecule has 0 spiro atoms. The van der Waals surface area contributed by atoms with Crippen LogP contribution in [0.25, 0.3) is 0 Å². The molecule has 0 bridgehead atoms. The molecule has 1 aliphatic rings. The van der Waals surface area contributed by atoms with Crippen LogP contribution in [0.3, 0.4) is 0 Å². The molecule has 1 aromatic rings. The molecule has 7 heteroatoms. The third-order valence-corrected chi connectivity index (χ3v) is 3.34. The first-order valence-corrected chi connectivity index (χ1v) is 7.22. The van der Waals surface area contributed by atoms with Gasteiger partial charge < -0.3 is 19.9 Å². The van der Waals surface area contributed by atoms with Crippen molar-refractivity contribution in [2.45, 2.75) is 19.8 Å². The number of nitrogens with one attached hydrogen (secondary N) is 1. The van der Waals surface area contributed by atoms with Gasteiger partial charge in [-0.15, -0.1) is 0 Å². The van der Waals surface area contributed by atoms with Crippen molar-refractivity contribution in [1.82, 2.24) is 15.0 Å². The number of anilines is 3. The van der Waals surface area contributed by atoms with Gasteiger partial charge in [0.15, 0.2) is 0 Å². The summed E-state index contributed by atoms with van der Waals surface area (Å²) in [5, 5.41) is 3.01. The maximum Gasteiger partial charge on any atom is 0.231 e. The summed E-state index contributed by atoms with van der Waals surface area (Å²) in [6.07, 6.45) is 2.41. The zero-order valence-corrected chi connectivity index (χ0v) is 12.6. The van der Waals surface area contributed by atoms with Crippen LogP contribution in [0.5, 0.6) is 0 Å². The Morgan fingerprint density at radius 1 is 1.25 bits per heavy atom. The van der Waals surface area contributed by atoms with Crippen LogP contribution in [-0.2, 0) is 4.74 Å². The van der Waals surface area contributed by atoms with E-state index in [1.54, 1.807) is 0 Å². The molecule has 0 aromatic carbocycles. The molecule has 1 fully saturated rings. The molecule has 112 valence electrons. The molecule has 1 saturated heterocycles. The molecule has 0 amide bonds. The van der Waals surface area contributed by atoms with Crippen LogP contribution in [0.4, 0.5) is 17.8 Å². The molecule has 0 radical (unpaired) electrons. The van der Waals surface area contributed by atoms with Gasteiger partial charge in [0.25, 0.3) is 0 Å². The number of rotatable bonds is 7. The molecule has 1 aromatic heterocycles. The fourth-order valence-electron chi connectivity index (χ4n) is 2.14. The fraction of sp³-hybridized carbons (Fsp3) is 0.769. The van der Waals surface area contributed by atoms with Crippen molar-refractivity contribution < 1.29 is 4.74 Å². The highest BCUT2D eigenvalue weighted by molar-refractivity contribution is 5.45. The highest BCUT2D eigenvalue weighted by Crippen LogP contribution is 2.19. The quantitative estimate of drug-likeness (QED) is 0.747. The number of nitrogens with zero attached hydrogens (tertiary/aromatic N) is 5. The number of aromatic nitrogens is 3. The maximum absolute atomic E-state index is 5.37. The normalized spacial score (nSPS) is 14.7. The van der Waals surface area contributed by atoms with Gasteiger partial charge in [-0.05, 0) is 19.8 Å². The molecule has 7 nitrogen and oxygen atoms in total. The van der Waals surface area contributed by atoms with Crippen LogP contribution >= 0.6 is 0 Å². The molecule has 20 heavy (non-hydrogen) atoms. The highest BCUT2D eigenvalue weighted by Gasteiger charge is 2.18. The Hall–Kier alpha value is -1.63. The summed E-state index contributed by atoms with van der Waals surface area (Å²) in [4.78, 5) is 17.6. The summed E-state index contributed by atoms with van der Waals surface area (Å²) in [7, 11) is 3.80. The second-order valence-electron chi connectivity index (χ2n) is 4.82. The second kappa shape index (κ2) is 7.23. The monoisotopic (exact) mass is 280 g/mol. The van der Waals surface area contributed by atoms with Crippen LogP contribution in [-0.4, -0.2) is 61.9 Å². The largest absolute Gasteiger partial charge is 0.380 e. The van der Waals surface area contributed by atoms with E-state index in [9.17, 15) is 0 Å². The first-order chi connectivity index (χ1) is 9.74. The van der Waals surface area contributed by atoms with Crippen molar-refractivity contribution in [2.75, 3.05) is 62.1 Å². The molecular weight excluding hydrogens is 256 g/mol. The van der Waals surface area contributed by atoms with Crippen molar-refractivity contribution in [2.24, 2.45) is 0 Å². The van der Waals surface area contributed by atoms with E-state index in [1.165, 1.54) is 12.8 Å². The molecule has 0 aliphatic carbocycles. The molecule has 2 rings (SSSR count). The van der Waals surface area contributed by atoms with E-state index in [1.807, 2.05) is 25.9 Å². The topological polar surface area (TPSA) is 66.4 Å². The lowest BCUT2D eigenvalue weighted by molar-refractivity contribution is 0.154. The third-order valence-electron chi connectivity index (χ3n) is 3.34. The fourth-order valence-corrected chi connectivity index (χ4v) is 2.14. The molecule has 0 atom stereocenters. The van der Waals surface area contributed by atoms with E-state index in [4.69, 9.17) is 4.74 Å². The lowest BCUT2D eigenvalue weighted by Gasteiger charge is -2.21. The Labute approximate surface area is 120 Å². The molecule has 0 unspecified atom stereocenters. The van der Waals surface area contributed by atoms with Gasteiger partial charge in [0, 0.05) is 40.3 Å². The predicted octanol–water partition coefficient (Wildman–Crippen LogP) is 0.986. The van der Waals surface area contributed by atoms with E-state index < -0.39 is 0 Å². The summed E-state index contributed by atoms with van der Waals surface area (Å²) in [6.45, 7) is 6.21. The molecular formula is C13H24N6O. The maximum atomic E-state index is 5.37. The van der Waals surface area contributed by atoms with Crippen LogP contribution in [0.2, 0.25) is 0 Å². The summed E-state index contributed by atoms with van der Waals surface area (Å²) in [6, 6.07) is 0. The van der Waals surface area contributed by atoms with Gasteiger partial charge in [-0.3, -0.25) is 0 Å². The number of hydrogen-bond donors (Lipinski definition) is 1. The van der Waals surface area contributed by atoms with Crippen LogP contribution < -0.4 is 15.1 Å². The van der Waals surface area contributed by atoms with Crippen molar-refractivity contribution in [3.8, 4) is 0 Å². The van der Waals surface area contributed by atoms with Crippen molar-refractivity contribution in [1.29, 1.82) is 0 Å². The Balaban J connectivity index is 2.12. The minimum absolute atomic E-state index is 0.611. The molecule has 0 saturated carbocycles. The Morgan fingerprint density at radius 2 is 2.00 bits per heavy atom. The standard InChI is InChI=1S/C13H24N6O/c1-4-20-10-9-18(3)12-15-11(14-2)16-13(17-12)19-7-5-6-8-19/h4-10H2,1-3H3,(H,14,15,16,17). The summed E-state index contributed by atoms with van der Waals surface area (Å²) >= 11 is 0. The average Bonchev–Trinajstić information content (AvgIpc) is 3.01. The zero-order chi connectivity index (χ0) is 14.4. The van der Waals surface area contributed by atoms with E-state index in [0.29, 0.717) is 18.5 Å². The smallest absolute Gasteiger partial charge is 0.231 e. The van der Waals surface area contributed by atoms with Gasteiger partial charge >= 0.3 is 0 Å². The summed E-state index contributed by atoms with van der Waals surface area (Å²) < 4.78 is 5.37. The van der Waals surface area contributed by atoms with Crippen LogP contribution in [0, 0.1) is 0 Å². The lowest BCUT2D eigenvalue weighted by Crippen LogP contribution is -2.27. The summed E-state index contributed by atoms with van der Waals surface area (Å²) in [5.41, 5.74) is 0. The zero-order valence-electron chi connectivity index (χ0n) is 12.6. The molecule has 2 heterocycles. The second-order valence-corrected chi connectivity index (χ2v) is 4.82. The number of ether oxygens (including phenoxy) is 1. The summed E-state index contributed by atoms with van der Waals surface area (Å²) in [5.74, 6) is 2.06. The van der Waals surface area contributed by atoms with Gasteiger partial charge in [-0.2, -0.15) is 15.0 Å². The van der Waals surface area contributed by atoms with Crippen molar-refractivity contribution in [3.63, 3.8) is 0 Å². The van der Waals surface area contributed by atoms with Crippen molar-refractivity contribution in [3.05, 3.63) is 0 Å². The highest BCUT2D eigenvalue weighted by atomic mass is 16.5. The number of likely N-dealkylation sites (N-methyl/N-ethyl adjacent to an activating group) is 1. The van der Waals surface area contributed by atoms with Gasteiger partial charge in [0.1, 0.15) is 0 Å². The van der Waals surface area contributed by atoms with E-state index >= 15 is 0 Å². The van der Waals surface area contributed by atoms with E-state index in [0.717, 1.165) is 32.2 Å². The van der Waals surface area contributed by atoms with Crippen LogP contribution in [0.1, 0.15) is 19.8 Å². The third kappa shape index (κ3) is 3.69. The average molecular weight is 280 g/mol. The van der Waals surface area contributed by atoms with E-state index in [2.05, 4.69) is 25.2 Å². The van der Waals surface area contributed by atoms with Gasteiger partial charge in [0.05, 0.1) is 6.61 Å². The molecule has 1 N–H and O–H groups in total. The minimum Gasteiger partial charge on any atom is -0.380 e. The Morgan fingerprint density at radius 3 is 2.65 bits per heavy atom. The van der Waals surface area contributed by atoms with Crippen LogP contribution in [0.15, 0.2) is 0 Å². The number of hydrogen-bond acceptors (Lipinski definition) is 7. The first kappa shape index (κ1) is 14.8. The van der Waals surface area contributed by atoms with Gasteiger partial charge in [0.2, 0.25) is 17.8 Å². The Bertz CT molecular complexity index is 421. The Kier molecular flexibility index (Phi) is 5.34. The predicted molar refractivity (Wildman–Crippen MR) is 80.6 cm³/mol. The van der Waals surface area contributed by atoms with Gasteiger partial charge in [-0.25, -0.2) is 0 Å². The SMILES string of the molecule is CCOCCN(C)c1nc(NC)nc(N2CCCC2)n1. The lowest BCUT2D eigenvalue weighted by atomic mass is 10.4. The van der Waals surface area contributed by atoms with Gasteiger partial charge in [-0.1, -0.05) is 0 Å². The van der Waals surface area contributed by atoms with Crippen molar-refractivity contribution >= 4 is 17.8 Å². The van der Waals surface area contributed by atoms with E-state index in [-0.39, 0.29) is 0 Å². The molecule has 1 aliphatic heterocycles. The minimum atomic E-state index is 0.611. The first-order valence-electron chi connectivity index (χ1n) is 7.22.